The van der Waals surface area contributed by atoms with Gasteiger partial charge in [-0.1, -0.05) is 5.16 Å². The van der Waals surface area contributed by atoms with Crippen LogP contribution in [0.5, 0.6) is 5.75 Å². The number of hydrogen-bond donors (Lipinski definition) is 1. The van der Waals surface area contributed by atoms with Crippen LogP contribution in [0.1, 0.15) is 12.6 Å². The van der Waals surface area contributed by atoms with Crippen LogP contribution < -0.4 is 4.74 Å². The van der Waals surface area contributed by atoms with Gasteiger partial charge in [0.25, 0.3) is 0 Å². The number of nitrogens with zero attached hydrogens (tertiary/aromatic N) is 1. The monoisotopic (exact) mass is 235 g/mol. The Morgan fingerprint density at radius 2 is 2.06 bits per heavy atom. The van der Waals surface area contributed by atoms with Crippen molar-refractivity contribution in [3.05, 3.63) is 36.0 Å². The molecule has 1 aromatic carbocycles. The minimum absolute atomic E-state index is 0.584. The Balaban J connectivity index is 2.20. The van der Waals surface area contributed by atoms with Crippen LogP contribution in [0.3, 0.4) is 0 Å². The molecule has 0 saturated heterocycles. The molecule has 0 fully saturated rings. The Kier molecular flexibility index (Phi) is 3.51. The van der Waals surface area contributed by atoms with E-state index in [1.807, 2.05) is 37.3 Å². The summed E-state index contributed by atoms with van der Waals surface area (Å²) in [7, 11) is 0. The fourth-order valence-corrected chi connectivity index (χ4v) is 1.55. The second kappa shape index (κ2) is 5.07. The van der Waals surface area contributed by atoms with Gasteiger partial charge in [0.1, 0.15) is 5.75 Å². The zero-order chi connectivity index (χ0) is 11.4. The van der Waals surface area contributed by atoms with Crippen molar-refractivity contribution in [2.24, 2.45) is 0 Å². The summed E-state index contributed by atoms with van der Waals surface area (Å²) in [5.74, 6) is 2.20. The minimum Gasteiger partial charge on any atom is -0.494 e. The van der Waals surface area contributed by atoms with Gasteiger partial charge in [-0.15, -0.1) is 0 Å². The normalized spacial score (nSPS) is 10.4. The molecule has 0 radical (unpaired) electrons. The van der Waals surface area contributed by atoms with Crippen molar-refractivity contribution in [2.45, 2.75) is 12.7 Å². The van der Waals surface area contributed by atoms with Gasteiger partial charge in [0.05, 0.1) is 12.3 Å². The summed E-state index contributed by atoms with van der Waals surface area (Å²) in [6.45, 7) is 2.63. The van der Waals surface area contributed by atoms with Crippen LogP contribution in [0, 0.1) is 0 Å². The maximum atomic E-state index is 5.36. The smallest absolute Gasteiger partial charge is 0.167 e. The van der Waals surface area contributed by atoms with Crippen LogP contribution >= 0.6 is 12.6 Å². The Morgan fingerprint density at radius 1 is 1.31 bits per heavy atom. The number of hydrogen-bond acceptors (Lipinski definition) is 4. The van der Waals surface area contributed by atoms with E-state index in [1.54, 1.807) is 0 Å². The Morgan fingerprint density at radius 3 is 2.62 bits per heavy atom. The van der Waals surface area contributed by atoms with Crippen molar-refractivity contribution in [3.8, 4) is 17.1 Å². The largest absolute Gasteiger partial charge is 0.494 e. The Bertz CT molecular complexity index is 450. The lowest BCUT2D eigenvalue weighted by Crippen LogP contribution is -1.90. The molecule has 0 amide bonds. The molecule has 2 aromatic rings. The molecule has 0 spiro atoms. The van der Waals surface area contributed by atoms with Gasteiger partial charge in [-0.25, -0.2) is 0 Å². The molecule has 0 aliphatic carbocycles. The quantitative estimate of drug-likeness (QED) is 0.827. The summed E-state index contributed by atoms with van der Waals surface area (Å²) >= 11 is 4.14. The standard InChI is InChI=1S/C12H13NO2S/c1-2-14-11-5-3-9(4-6-11)12-7-10(8-16)13-15-12/h3-7,16H,2,8H2,1H3. The highest BCUT2D eigenvalue weighted by molar-refractivity contribution is 7.79. The van der Waals surface area contributed by atoms with Crippen molar-refractivity contribution in [1.82, 2.24) is 5.16 Å². The zero-order valence-electron chi connectivity index (χ0n) is 9.01. The fraction of sp³-hybridized carbons (Fsp3) is 0.250. The topological polar surface area (TPSA) is 35.3 Å². The van der Waals surface area contributed by atoms with Crippen molar-refractivity contribution in [3.63, 3.8) is 0 Å². The van der Waals surface area contributed by atoms with Crippen LogP contribution in [-0.4, -0.2) is 11.8 Å². The maximum absolute atomic E-state index is 5.36. The van der Waals surface area contributed by atoms with E-state index in [9.17, 15) is 0 Å². The first-order valence-electron chi connectivity index (χ1n) is 5.13. The van der Waals surface area contributed by atoms with Gasteiger partial charge < -0.3 is 9.26 Å². The molecule has 0 bridgehead atoms. The molecule has 0 aliphatic rings. The molecule has 0 saturated carbocycles. The summed E-state index contributed by atoms with van der Waals surface area (Å²) in [6.07, 6.45) is 0. The second-order valence-electron chi connectivity index (χ2n) is 3.30. The lowest BCUT2D eigenvalue weighted by molar-refractivity contribution is 0.340. The van der Waals surface area contributed by atoms with Gasteiger partial charge in [0, 0.05) is 17.4 Å². The van der Waals surface area contributed by atoms with Crippen molar-refractivity contribution < 1.29 is 9.26 Å². The third-order valence-corrected chi connectivity index (χ3v) is 2.49. The highest BCUT2D eigenvalue weighted by Crippen LogP contribution is 2.23. The van der Waals surface area contributed by atoms with Crippen LogP contribution in [0.15, 0.2) is 34.9 Å². The third kappa shape index (κ3) is 2.39. The summed E-state index contributed by atoms with van der Waals surface area (Å²) in [5, 5.41) is 3.89. The molecular formula is C12H13NO2S. The van der Waals surface area contributed by atoms with E-state index < -0.39 is 0 Å². The predicted molar refractivity (Wildman–Crippen MR) is 65.8 cm³/mol. The van der Waals surface area contributed by atoms with Gasteiger partial charge in [-0.3, -0.25) is 0 Å². The number of benzene rings is 1. The van der Waals surface area contributed by atoms with E-state index in [0.29, 0.717) is 12.4 Å². The van der Waals surface area contributed by atoms with Gasteiger partial charge in [-0.05, 0) is 31.2 Å². The van der Waals surface area contributed by atoms with E-state index in [1.165, 1.54) is 0 Å². The predicted octanol–water partition coefficient (Wildman–Crippen LogP) is 3.17. The molecule has 4 heteroatoms. The highest BCUT2D eigenvalue weighted by Gasteiger charge is 2.05. The summed E-state index contributed by atoms with van der Waals surface area (Å²) in [5.41, 5.74) is 1.83. The van der Waals surface area contributed by atoms with E-state index >= 15 is 0 Å². The molecule has 2 rings (SSSR count). The van der Waals surface area contributed by atoms with Crippen LogP contribution in [0.2, 0.25) is 0 Å². The molecule has 3 nitrogen and oxygen atoms in total. The molecule has 0 aliphatic heterocycles. The zero-order valence-corrected chi connectivity index (χ0v) is 9.91. The lowest BCUT2D eigenvalue weighted by atomic mass is 10.1. The van der Waals surface area contributed by atoms with E-state index in [0.717, 1.165) is 22.8 Å². The van der Waals surface area contributed by atoms with Crippen LogP contribution in [-0.2, 0) is 5.75 Å². The number of rotatable bonds is 4. The summed E-state index contributed by atoms with van der Waals surface area (Å²) in [6, 6.07) is 9.63. The summed E-state index contributed by atoms with van der Waals surface area (Å²) < 4.78 is 10.6. The molecular weight excluding hydrogens is 222 g/mol. The first-order chi connectivity index (χ1) is 7.83. The van der Waals surface area contributed by atoms with Crippen molar-refractivity contribution in [1.29, 1.82) is 0 Å². The average molecular weight is 235 g/mol. The molecule has 0 unspecified atom stereocenters. The lowest BCUT2D eigenvalue weighted by Gasteiger charge is -2.02. The van der Waals surface area contributed by atoms with Crippen molar-refractivity contribution >= 4 is 12.6 Å². The van der Waals surface area contributed by atoms with Gasteiger partial charge >= 0.3 is 0 Å². The molecule has 0 N–H and O–H groups in total. The highest BCUT2D eigenvalue weighted by atomic mass is 32.1. The van der Waals surface area contributed by atoms with E-state index in [2.05, 4.69) is 17.8 Å². The Labute approximate surface area is 99.8 Å². The number of aromatic nitrogens is 1. The molecule has 16 heavy (non-hydrogen) atoms. The van der Waals surface area contributed by atoms with Gasteiger partial charge in [0.2, 0.25) is 0 Å². The second-order valence-corrected chi connectivity index (χ2v) is 3.61. The number of ether oxygens (including phenoxy) is 1. The van der Waals surface area contributed by atoms with Crippen molar-refractivity contribution in [2.75, 3.05) is 6.61 Å². The van der Waals surface area contributed by atoms with Crippen LogP contribution in [0.25, 0.3) is 11.3 Å². The van der Waals surface area contributed by atoms with E-state index in [4.69, 9.17) is 9.26 Å². The SMILES string of the molecule is CCOc1ccc(-c2cc(CS)no2)cc1. The Hall–Kier alpha value is -1.42. The third-order valence-electron chi connectivity index (χ3n) is 2.17. The van der Waals surface area contributed by atoms with E-state index in [-0.39, 0.29) is 0 Å². The minimum atomic E-state index is 0.584. The molecule has 0 atom stereocenters. The molecule has 1 heterocycles. The van der Waals surface area contributed by atoms with Gasteiger partial charge in [0.15, 0.2) is 5.76 Å². The van der Waals surface area contributed by atoms with Crippen LogP contribution in [0.4, 0.5) is 0 Å². The summed E-state index contributed by atoms with van der Waals surface area (Å²) in [4.78, 5) is 0. The molecule has 84 valence electrons. The maximum Gasteiger partial charge on any atom is 0.167 e. The first-order valence-corrected chi connectivity index (χ1v) is 5.76. The fourth-order valence-electron chi connectivity index (χ4n) is 1.40. The average Bonchev–Trinajstić information content (AvgIpc) is 2.79. The number of thiol groups is 1. The molecule has 1 aromatic heterocycles. The first kappa shape index (κ1) is 11.1. The van der Waals surface area contributed by atoms with Gasteiger partial charge in [-0.2, -0.15) is 12.6 Å².